The minimum atomic E-state index is -0.256. The molecule has 3 nitrogen and oxygen atoms in total. The highest BCUT2D eigenvalue weighted by molar-refractivity contribution is 6.30. The van der Waals surface area contributed by atoms with Crippen LogP contribution in [0.5, 0.6) is 0 Å². The lowest BCUT2D eigenvalue weighted by molar-refractivity contribution is -0.136. The van der Waals surface area contributed by atoms with Crippen LogP contribution in [0.25, 0.3) is 0 Å². The topological polar surface area (TPSA) is 23.6 Å². The van der Waals surface area contributed by atoms with Gasteiger partial charge in [0.1, 0.15) is 5.82 Å². The maximum atomic E-state index is 13.8. The molecule has 0 N–H and O–H groups in total. The molecule has 0 spiro atoms. The van der Waals surface area contributed by atoms with Gasteiger partial charge in [0.2, 0.25) is 5.91 Å². The van der Waals surface area contributed by atoms with Crippen LogP contribution < -0.4 is 0 Å². The van der Waals surface area contributed by atoms with Crippen molar-refractivity contribution in [3.8, 4) is 0 Å². The third kappa shape index (κ3) is 4.20. The quantitative estimate of drug-likeness (QED) is 0.826. The first-order valence-electron chi connectivity index (χ1n) is 8.00. The summed E-state index contributed by atoms with van der Waals surface area (Å²) in [6.07, 6.45) is 1.70. The van der Waals surface area contributed by atoms with Gasteiger partial charge >= 0.3 is 0 Å². The average molecular weight is 327 g/mol. The minimum Gasteiger partial charge on any atom is -0.343 e. The van der Waals surface area contributed by atoms with Crippen molar-refractivity contribution in [3.63, 3.8) is 0 Å². The summed E-state index contributed by atoms with van der Waals surface area (Å²) >= 11 is 5.78. The molecule has 0 radical (unpaired) electrons. The molecule has 0 atom stereocenters. The van der Waals surface area contributed by atoms with E-state index in [0.29, 0.717) is 17.1 Å². The molecule has 0 unspecified atom stereocenters. The van der Waals surface area contributed by atoms with Crippen molar-refractivity contribution in [3.05, 3.63) is 34.6 Å². The summed E-state index contributed by atoms with van der Waals surface area (Å²) in [6.45, 7) is 7.81. The molecule has 1 aromatic rings. The van der Waals surface area contributed by atoms with E-state index in [4.69, 9.17) is 11.6 Å². The van der Waals surface area contributed by atoms with Gasteiger partial charge in [-0.25, -0.2) is 4.39 Å². The largest absolute Gasteiger partial charge is 0.343 e. The van der Waals surface area contributed by atoms with Crippen molar-refractivity contribution in [1.29, 1.82) is 0 Å². The SMILES string of the molecule is CCN(CC)C(=O)C1CCN(Cc2ccc(Cl)cc2F)CC1. The number of benzene rings is 1. The van der Waals surface area contributed by atoms with Crippen LogP contribution in [0.2, 0.25) is 5.02 Å². The van der Waals surface area contributed by atoms with E-state index in [1.807, 2.05) is 18.7 Å². The number of halogens is 2. The predicted molar refractivity (Wildman–Crippen MR) is 87.3 cm³/mol. The highest BCUT2D eigenvalue weighted by atomic mass is 35.5. The van der Waals surface area contributed by atoms with E-state index >= 15 is 0 Å². The van der Waals surface area contributed by atoms with E-state index < -0.39 is 0 Å². The summed E-state index contributed by atoms with van der Waals surface area (Å²) in [7, 11) is 0. The molecule has 1 aliphatic heterocycles. The zero-order valence-electron chi connectivity index (χ0n) is 13.3. The molecule has 22 heavy (non-hydrogen) atoms. The van der Waals surface area contributed by atoms with Gasteiger partial charge < -0.3 is 4.90 Å². The molecule has 0 aromatic heterocycles. The Morgan fingerprint density at radius 3 is 2.50 bits per heavy atom. The van der Waals surface area contributed by atoms with Crippen LogP contribution in [-0.2, 0) is 11.3 Å². The van der Waals surface area contributed by atoms with Gasteiger partial charge in [0.25, 0.3) is 0 Å². The van der Waals surface area contributed by atoms with Crippen LogP contribution >= 0.6 is 11.6 Å². The fraction of sp³-hybridized carbons (Fsp3) is 0.588. The molecule has 1 aliphatic rings. The fourth-order valence-electron chi connectivity index (χ4n) is 3.02. The van der Waals surface area contributed by atoms with E-state index in [1.54, 1.807) is 12.1 Å². The zero-order chi connectivity index (χ0) is 16.1. The molecular formula is C17H24ClFN2O. The number of rotatable bonds is 5. The van der Waals surface area contributed by atoms with Crippen LogP contribution in [0.4, 0.5) is 4.39 Å². The number of piperidine rings is 1. The van der Waals surface area contributed by atoms with Crippen molar-refractivity contribution in [2.75, 3.05) is 26.2 Å². The fourth-order valence-corrected chi connectivity index (χ4v) is 3.18. The highest BCUT2D eigenvalue weighted by Crippen LogP contribution is 2.23. The van der Waals surface area contributed by atoms with Crippen molar-refractivity contribution in [2.24, 2.45) is 5.92 Å². The van der Waals surface area contributed by atoms with E-state index in [0.717, 1.165) is 39.0 Å². The lowest BCUT2D eigenvalue weighted by atomic mass is 9.95. The molecule has 0 bridgehead atoms. The first-order chi connectivity index (χ1) is 10.5. The van der Waals surface area contributed by atoms with Gasteiger partial charge in [-0.15, -0.1) is 0 Å². The molecule has 122 valence electrons. The number of carbonyl (C=O) groups is 1. The van der Waals surface area contributed by atoms with Gasteiger partial charge in [-0.1, -0.05) is 17.7 Å². The van der Waals surface area contributed by atoms with E-state index in [-0.39, 0.29) is 17.6 Å². The van der Waals surface area contributed by atoms with Crippen LogP contribution in [0.3, 0.4) is 0 Å². The van der Waals surface area contributed by atoms with Crippen LogP contribution in [0.1, 0.15) is 32.3 Å². The van der Waals surface area contributed by atoms with E-state index in [9.17, 15) is 9.18 Å². The maximum absolute atomic E-state index is 13.8. The van der Waals surface area contributed by atoms with Gasteiger partial charge in [0, 0.05) is 36.1 Å². The number of likely N-dealkylation sites (tertiary alicyclic amines) is 1. The lowest BCUT2D eigenvalue weighted by Gasteiger charge is -2.33. The van der Waals surface area contributed by atoms with Crippen LogP contribution in [0.15, 0.2) is 18.2 Å². The second kappa shape index (κ2) is 7.93. The Morgan fingerprint density at radius 2 is 1.95 bits per heavy atom. The molecule has 1 aromatic carbocycles. The van der Waals surface area contributed by atoms with E-state index in [1.165, 1.54) is 6.07 Å². The molecule has 1 saturated heterocycles. The summed E-state index contributed by atoms with van der Waals surface area (Å²) < 4.78 is 13.8. The molecule has 1 heterocycles. The van der Waals surface area contributed by atoms with Crippen LogP contribution in [-0.4, -0.2) is 41.9 Å². The second-order valence-corrected chi connectivity index (χ2v) is 6.23. The van der Waals surface area contributed by atoms with Gasteiger partial charge in [0.15, 0.2) is 0 Å². The molecule has 1 amide bonds. The first kappa shape index (κ1) is 17.2. The molecule has 5 heteroatoms. The molecule has 1 fully saturated rings. The van der Waals surface area contributed by atoms with Gasteiger partial charge in [-0.2, -0.15) is 0 Å². The highest BCUT2D eigenvalue weighted by Gasteiger charge is 2.27. The van der Waals surface area contributed by atoms with Gasteiger partial charge in [-0.3, -0.25) is 9.69 Å². The van der Waals surface area contributed by atoms with Gasteiger partial charge in [-0.05, 0) is 51.9 Å². The van der Waals surface area contributed by atoms with E-state index in [2.05, 4.69) is 4.90 Å². The zero-order valence-corrected chi connectivity index (χ0v) is 14.1. The number of hydrogen-bond donors (Lipinski definition) is 0. The first-order valence-corrected chi connectivity index (χ1v) is 8.38. The minimum absolute atomic E-state index is 0.117. The number of amides is 1. The molecule has 0 aliphatic carbocycles. The number of carbonyl (C=O) groups excluding carboxylic acids is 1. The summed E-state index contributed by atoms with van der Waals surface area (Å²) in [5, 5.41) is 0.421. The third-order valence-corrected chi connectivity index (χ3v) is 4.66. The Balaban J connectivity index is 1.88. The Bertz CT molecular complexity index is 511. The third-order valence-electron chi connectivity index (χ3n) is 4.42. The number of nitrogens with zero attached hydrogens (tertiary/aromatic N) is 2. The second-order valence-electron chi connectivity index (χ2n) is 5.80. The van der Waals surface area contributed by atoms with Crippen molar-refractivity contribution >= 4 is 17.5 Å². The smallest absolute Gasteiger partial charge is 0.225 e. The Morgan fingerprint density at radius 1 is 1.32 bits per heavy atom. The maximum Gasteiger partial charge on any atom is 0.225 e. The monoisotopic (exact) mass is 326 g/mol. The number of hydrogen-bond acceptors (Lipinski definition) is 2. The lowest BCUT2D eigenvalue weighted by Crippen LogP contribution is -2.42. The Kier molecular flexibility index (Phi) is 6.21. The van der Waals surface area contributed by atoms with Crippen molar-refractivity contribution < 1.29 is 9.18 Å². The van der Waals surface area contributed by atoms with Crippen molar-refractivity contribution in [2.45, 2.75) is 33.2 Å². The predicted octanol–water partition coefficient (Wildman–Crippen LogP) is 3.56. The Hall–Kier alpha value is -1.13. The van der Waals surface area contributed by atoms with Gasteiger partial charge in [0.05, 0.1) is 0 Å². The normalized spacial score (nSPS) is 16.7. The summed E-state index contributed by atoms with van der Waals surface area (Å²) in [4.78, 5) is 16.5. The molecule has 2 rings (SSSR count). The summed E-state index contributed by atoms with van der Waals surface area (Å²) in [5.74, 6) is 0.127. The average Bonchev–Trinajstić information content (AvgIpc) is 2.52. The Labute approximate surface area is 137 Å². The summed E-state index contributed by atoms with van der Waals surface area (Å²) in [5.41, 5.74) is 0.665. The molecular weight excluding hydrogens is 303 g/mol. The van der Waals surface area contributed by atoms with Crippen LogP contribution in [0, 0.1) is 11.7 Å². The van der Waals surface area contributed by atoms with Crippen molar-refractivity contribution in [1.82, 2.24) is 9.80 Å². The standard InChI is InChI=1S/C17H24ClFN2O/c1-3-21(4-2)17(22)13-7-9-20(10-8-13)12-14-5-6-15(18)11-16(14)19/h5-6,11,13H,3-4,7-10,12H2,1-2H3. The molecule has 0 saturated carbocycles. The summed E-state index contributed by atoms with van der Waals surface area (Å²) in [6, 6.07) is 4.81.